The zero-order valence-corrected chi connectivity index (χ0v) is 11.3. The van der Waals surface area contributed by atoms with Crippen LogP contribution in [0.15, 0.2) is 0 Å². The Morgan fingerprint density at radius 3 is 2.82 bits per heavy atom. The molecule has 2 aliphatic heterocycles. The van der Waals surface area contributed by atoms with Crippen molar-refractivity contribution in [3.8, 4) is 0 Å². The van der Waals surface area contributed by atoms with Gasteiger partial charge in [0, 0.05) is 19.1 Å². The summed E-state index contributed by atoms with van der Waals surface area (Å²) < 4.78 is 28.5. The fraction of sp³-hybridized carbons (Fsp3) is 1.00. The minimum atomic E-state index is -3.25. The van der Waals surface area contributed by atoms with Gasteiger partial charge in [-0.15, -0.1) is 0 Å². The molecule has 2 N–H and O–H groups in total. The van der Waals surface area contributed by atoms with E-state index in [1.807, 2.05) is 6.92 Å². The van der Waals surface area contributed by atoms with Gasteiger partial charge >= 0.3 is 0 Å². The second-order valence-electron chi connectivity index (χ2n) is 4.93. The van der Waals surface area contributed by atoms with E-state index in [4.69, 9.17) is 0 Å². The van der Waals surface area contributed by atoms with E-state index in [0.29, 0.717) is 19.0 Å². The molecule has 5 nitrogen and oxygen atoms in total. The monoisotopic (exact) mass is 261 g/mol. The molecule has 0 aromatic heterocycles. The fourth-order valence-electron chi connectivity index (χ4n) is 3.01. The van der Waals surface area contributed by atoms with Gasteiger partial charge in [0.15, 0.2) is 0 Å². The van der Waals surface area contributed by atoms with Gasteiger partial charge in [0.25, 0.3) is 10.2 Å². The summed E-state index contributed by atoms with van der Waals surface area (Å²) >= 11 is 0. The fourth-order valence-corrected chi connectivity index (χ4v) is 4.54. The summed E-state index contributed by atoms with van der Waals surface area (Å²) in [6, 6.07) is 0.201. The van der Waals surface area contributed by atoms with Gasteiger partial charge in [-0.3, -0.25) is 0 Å². The first kappa shape index (κ1) is 13.3. The van der Waals surface area contributed by atoms with Gasteiger partial charge < -0.3 is 5.32 Å². The first-order valence-electron chi connectivity index (χ1n) is 6.62. The number of hydrogen-bond donors (Lipinski definition) is 2. The first-order valence-corrected chi connectivity index (χ1v) is 8.06. The molecule has 17 heavy (non-hydrogen) atoms. The maximum absolute atomic E-state index is 12.1. The lowest BCUT2D eigenvalue weighted by Gasteiger charge is -2.33. The Morgan fingerprint density at radius 1 is 1.35 bits per heavy atom. The van der Waals surface area contributed by atoms with E-state index in [1.54, 1.807) is 4.31 Å². The van der Waals surface area contributed by atoms with Crippen molar-refractivity contribution < 1.29 is 8.42 Å². The molecule has 0 aromatic rings. The normalized spacial score (nSPS) is 31.8. The third-order valence-corrected chi connectivity index (χ3v) is 5.49. The van der Waals surface area contributed by atoms with Gasteiger partial charge in [-0.1, -0.05) is 6.92 Å². The third-order valence-electron chi connectivity index (χ3n) is 3.76. The van der Waals surface area contributed by atoms with Crippen LogP contribution in [0.4, 0.5) is 0 Å². The second kappa shape index (κ2) is 5.65. The van der Waals surface area contributed by atoms with Crippen LogP contribution in [-0.4, -0.2) is 44.9 Å². The highest BCUT2D eigenvalue weighted by Gasteiger charge is 2.38. The van der Waals surface area contributed by atoms with Crippen LogP contribution in [0, 0.1) is 5.92 Å². The predicted molar refractivity (Wildman–Crippen MR) is 67.9 cm³/mol. The van der Waals surface area contributed by atoms with Crippen LogP contribution in [0.3, 0.4) is 0 Å². The lowest BCUT2D eigenvalue weighted by atomic mass is 9.91. The summed E-state index contributed by atoms with van der Waals surface area (Å²) in [4.78, 5) is 0. The molecule has 2 atom stereocenters. The molecule has 2 saturated heterocycles. The molecule has 100 valence electrons. The molecule has 2 unspecified atom stereocenters. The molecule has 2 aliphatic rings. The molecule has 0 aromatic carbocycles. The predicted octanol–water partition coefficient (Wildman–Crippen LogP) is 0.305. The molecular formula is C11H23N3O2S. The molecule has 2 fully saturated rings. The number of nitrogens with one attached hydrogen (secondary N) is 2. The molecule has 0 spiro atoms. The SMILES string of the molecule is CCNS(=O)(=O)N1CCCC1C1CCCNC1. The van der Waals surface area contributed by atoms with Crippen molar-refractivity contribution in [2.45, 2.75) is 38.6 Å². The van der Waals surface area contributed by atoms with Crippen molar-refractivity contribution in [3.05, 3.63) is 0 Å². The van der Waals surface area contributed by atoms with Crippen molar-refractivity contribution in [2.24, 2.45) is 5.92 Å². The van der Waals surface area contributed by atoms with Crippen molar-refractivity contribution in [3.63, 3.8) is 0 Å². The molecule has 2 rings (SSSR count). The molecular weight excluding hydrogens is 238 g/mol. The van der Waals surface area contributed by atoms with Crippen molar-refractivity contribution in [2.75, 3.05) is 26.2 Å². The van der Waals surface area contributed by atoms with Gasteiger partial charge in [0.1, 0.15) is 0 Å². The quantitative estimate of drug-likeness (QED) is 0.765. The highest BCUT2D eigenvalue weighted by Crippen LogP contribution is 2.29. The number of piperidine rings is 1. The molecule has 6 heteroatoms. The van der Waals surface area contributed by atoms with E-state index in [2.05, 4.69) is 10.0 Å². The summed E-state index contributed by atoms with van der Waals surface area (Å²) in [5, 5.41) is 3.37. The van der Waals surface area contributed by atoms with Gasteiger partial charge in [0.2, 0.25) is 0 Å². The summed E-state index contributed by atoms with van der Waals surface area (Å²) in [5.74, 6) is 0.486. The van der Waals surface area contributed by atoms with Crippen molar-refractivity contribution in [1.82, 2.24) is 14.3 Å². The Hall–Kier alpha value is -0.170. The van der Waals surface area contributed by atoms with Crippen LogP contribution in [0.2, 0.25) is 0 Å². The summed E-state index contributed by atoms with van der Waals surface area (Å²) in [6.07, 6.45) is 4.31. The van der Waals surface area contributed by atoms with E-state index in [1.165, 1.54) is 0 Å². The lowest BCUT2D eigenvalue weighted by Crippen LogP contribution is -2.49. The molecule has 0 amide bonds. The highest BCUT2D eigenvalue weighted by molar-refractivity contribution is 7.87. The van der Waals surface area contributed by atoms with Gasteiger partial charge in [0.05, 0.1) is 0 Å². The Bertz CT molecular complexity index is 339. The van der Waals surface area contributed by atoms with E-state index in [9.17, 15) is 8.42 Å². The van der Waals surface area contributed by atoms with E-state index in [-0.39, 0.29) is 6.04 Å². The zero-order chi connectivity index (χ0) is 12.3. The Balaban J connectivity index is 2.06. The zero-order valence-electron chi connectivity index (χ0n) is 10.5. The third kappa shape index (κ3) is 2.99. The van der Waals surface area contributed by atoms with Crippen LogP contribution in [0.25, 0.3) is 0 Å². The maximum Gasteiger partial charge on any atom is 0.279 e. The van der Waals surface area contributed by atoms with Crippen LogP contribution < -0.4 is 10.0 Å². The molecule has 0 saturated carbocycles. The van der Waals surface area contributed by atoms with Crippen LogP contribution >= 0.6 is 0 Å². The van der Waals surface area contributed by atoms with Gasteiger partial charge in [-0.2, -0.15) is 12.7 Å². The standard InChI is InChI=1S/C11H23N3O2S/c1-2-13-17(15,16)14-8-4-6-11(14)10-5-3-7-12-9-10/h10-13H,2-9H2,1H3. The van der Waals surface area contributed by atoms with Gasteiger partial charge in [-0.05, 0) is 44.7 Å². The molecule has 2 heterocycles. The Labute approximate surface area is 104 Å². The Morgan fingerprint density at radius 2 is 2.18 bits per heavy atom. The van der Waals surface area contributed by atoms with E-state index >= 15 is 0 Å². The minimum Gasteiger partial charge on any atom is -0.316 e. The molecule has 0 radical (unpaired) electrons. The molecule has 0 bridgehead atoms. The van der Waals surface area contributed by atoms with Crippen LogP contribution in [0.1, 0.15) is 32.6 Å². The molecule has 0 aliphatic carbocycles. The van der Waals surface area contributed by atoms with Crippen LogP contribution in [0.5, 0.6) is 0 Å². The maximum atomic E-state index is 12.1. The topological polar surface area (TPSA) is 61.4 Å². The van der Waals surface area contributed by atoms with Crippen LogP contribution in [-0.2, 0) is 10.2 Å². The largest absolute Gasteiger partial charge is 0.316 e. The number of hydrogen-bond acceptors (Lipinski definition) is 3. The summed E-state index contributed by atoms with van der Waals surface area (Å²) in [5.41, 5.74) is 0. The average Bonchev–Trinajstić information content (AvgIpc) is 2.79. The highest BCUT2D eigenvalue weighted by atomic mass is 32.2. The average molecular weight is 261 g/mol. The minimum absolute atomic E-state index is 0.201. The number of rotatable bonds is 4. The Kier molecular flexibility index (Phi) is 4.41. The number of nitrogens with zero attached hydrogens (tertiary/aromatic N) is 1. The van der Waals surface area contributed by atoms with E-state index in [0.717, 1.165) is 38.8 Å². The van der Waals surface area contributed by atoms with Gasteiger partial charge in [-0.25, -0.2) is 4.72 Å². The van der Waals surface area contributed by atoms with Crippen molar-refractivity contribution >= 4 is 10.2 Å². The summed E-state index contributed by atoms with van der Waals surface area (Å²) in [6.45, 7) is 5.00. The smallest absolute Gasteiger partial charge is 0.279 e. The van der Waals surface area contributed by atoms with Crippen molar-refractivity contribution in [1.29, 1.82) is 0 Å². The van der Waals surface area contributed by atoms with E-state index < -0.39 is 10.2 Å². The second-order valence-corrected chi connectivity index (χ2v) is 6.64. The summed E-state index contributed by atoms with van der Waals surface area (Å²) in [7, 11) is -3.25. The first-order chi connectivity index (χ1) is 8.15. The lowest BCUT2D eigenvalue weighted by molar-refractivity contribution is 0.237.